The number of nitrogens with one attached hydrogen (secondary N) is 3. The van der Waals surface area contributed by atoms with E-state index in [-0.39, 0.29) is 18.4 Å². The topological polar surface area (TPSA) is 79.5 Å². The van der Waals surface area contributed by atoms with Crippen LogP contribution in [0.25, 0.3) is 0 Å². The predicted molar refractivity (Wildman–Crippen MR) is 108 cm³/mol. The molecule has 2 rings (SSSR count). The van der Waals surface area contributed by atoms with Crippen molar-refractivity contribution in [2.75, 3.05) is 30.3 Å². The second-order valence-electron chi connectivity index (χ2n) is 6.57. The van der Waals surface area contributed by atoms with Gasteiger partial charge in [-0.25, -0.2) is 0 Å². The highest BCUT2D eigenvalue weighted by Gasteiger charge is 2.07. The summed E-state index contributed by atoms with van der Waals surface area (Å²) in [5.41, 5.74) is 1.97. The maximum absolute atomic E-state index is 12.1. The van der Waals surface area contributed by atoms with Gasteiger partial charge in [-0.15, -0.1) is 0 Å². The molecule has 2 amide bonds. The lowest BCUT2D eigenvalue weighted by atomic mass is 10.2. The fourth-order valence-corrected chi connectivity index (χ4v) is 2.32. The fourth-order valence-electron chi connectivity index (χ4n) is 2.32. The van der Waals surface area contributed by atoms with E-state index in [0.29, 0.717) is 36.0 Å². The number of carbonyl (C=O) groups is 2. The summed E-state index contributed by atoms with van der Waals surface area (Å²) in [6.07, 6.45) is 0. The van der Waals surface area contributed by atoms with Gasteiger partial charge in [-0.2, -0.15) is 0 Å². The molecular weight excluding hydrogens is 342 g/mol. The Kier molecular flexibility index (Phi) is 7.67. The Balaban J connectivity index is 1.84. The molecule has 0 heterocycles. The minimum Gasteiger partial charge on any atom is -0.493 e. The second-order valence-corrected chi connectivity index (χ2v) is 6.57. The molecule has 0 saturated heterocycles. The number of amides is 2. The molecule has 0 aliphatic carbocycles. The first kappa shape index (κ1) is 20.3. The van der Waals surface area contributed by atoms with E-state index in [1.807, 2.05) is 37.3 Å². The van der Waals surface area contributed by atoms with Gasteiger partial charge >= 0.3 is 0 Å². The third kappa shape index (κ3) is 7.01. The van der Waals surface area contributed by atoms with Crippen molar-refractivity contribution in [3.8, 4) is 5.75 Å². The lowest BCUT2D eigenvalue weighted by Crippen LogP contribution is -2.23. The third-order valence-corrected chi connectivity index (χ3v) is 3.64. The number of carbonyl (C=O) groups excluding carboxylic acids is 2. The average Bonchev–Trinajstić information content (AvgIpc) is 2.66. The van der Waals surface area contributed by atoms with Crippen LogP contribution in [-0.4, -0.2) is 31.5 Å². The molecule has 0 atom stereocenters. The molecule has 0 fully saturated rings. The number of anilines is 2. The standard InChI is InChI=1S/C21H27N3O3/c1-4-22-21(26)16-6-5-7-18(12-16)23-13-20(25)24-17-8-10-19(11-9-17)27-14-15(2)3/h5-12,15,23H,4,13-14H2,1-3H3,(H,22,26)(H,24,25). The number of hydrogen-bond donors (Lipinski definition) is 3. The van der Waals surface area contributed by atoms with Gasteiger partial charge in [0.05, 0.1) is 13.2 Å². The summed E-state index contributed by atoms with van der Waals surface area (Å²) in [7, 11) is 0. The molecule has 144 valence electrons. The zero-order chi connectivity index (χ0) is 19.6. The molecular formula is C21H27N3O3. The largest absolute Gasteiger partial charge is 0.493 e. The summed E-state index contributed by atoms with van der Waals surface area (Å²) >= 11 is 0. The molecule has 2 aromatic carbocycles. The molecule has 0 unspecified atom stereocenters. The highest BCUT2D eigenvalue weighted by Crippen LogP contribution is 2.16. The van der Waals surface area contributed by atoms with Crippen LogP contribution in [0.1, 0.15) is 31.1 Å². The predicted octanol–water partition coefficient (Wildman–Crippen LogP) is 3.52. The van der Waals surface area contributed by atoms with Crippen LogP contribution in [-0.2, 0) is 4.79 Å². The molecule has 6 nitrogen and oxygen atoms in total. The van der Waals surface area contributed by atoms with Gasteiger partial charge in [-0.1, -0.05) is 19.9 Å². The SMILES string of the molecule is CCNC(=O)c1cccc(NCC(=O)Nc2ccc(OCC(C)C)cc2)c1. The first-order chi connectivity index (χ1) is 13.0. The number of hydrogen-bond acceptors (Lipinski definition) is 4. The fraction of sp³-hybridized carbons (Fsp3) is 0.333. The number of rotatable bonds is 9. The van der Waals surface area contributed by atoms with Gasteiger partial charge in [0.2, 0.25) is 5.91 Å². The van der Waals surface area contributed by atoms with Gasteiger partial charge in [-0.3, -0.25) is 9.59 Å². The zero-order valence-corrected chi connectivity index (χ0v) is 16.0. The Labute approximate surface area is 160 Å². The minimum atomic E-state index is -0.172. The van der Waals surface area contributed by atoms with Gasteiger partial charge in [0, 0.05) is 23.5 Å². The molecule has 0 spiro atoms. The van der Waals surface area contributed by atoms with Crippen molar-refractivity contribution >= 4 is 23.2 Å². The van der Waals surface area contributed by atoms with E-state index in [0.717, 1.165) is 5.75 Å². The van der Waals surface area contributed by atoms with Gasteiger partial charge in [-0.05, 0) is 55.3 Å². The molecule has 0 bridgehead atoms. The van der Waals surface area contributed by atoms with E-state index in [1.54, 1.807) is 18.2 Å². The van der Waals surface area contributed by atoms with Crippen LogP contribution in [0.3, 0.4) is 0 Å². The monoisotopic (exact) mass is 369 g/mol. The Morgan fingerprint density at radius 1 is 1.04 bits per heavy atom. The second kappa shape index (κ2) is 10.2. The normalized spacial score (nSPS) is 10.4. The lowest BCUT2D eigenvalue weighted by molar-refractivity contribution is -0.114. The smallest absolute Gasteiger partial charge is 0.251 e. The molecule has 0 saturated carbocycles. The van der Waals surface area contributed by atoms with E-state index in [4.69, 9.17) is 4.74 Å². The first-order valence-corrected chi connectivity index (χ1v) is 9.12. The third-order valence-electron chi connectivity index (χ3n) is 3.64. The van der Waals surface area contributed by atoms with Crippen molar-refractivity contribution in [1.82, 2.24) is 5.32 Å². The summed E-state index contributed by atoms with van der Waals surface area (Å²) < 4.78 is 5.62. The van der Waals surface area contributed by atoms with Crippen LogP contribution in [0.15, 0.2) is 48.5 Å². The van der Waals surface area contributed by atoms with E-state index in [2.05, 4.69) is 29.8 Å². The van der Waals surface area contributed by atoms with Crippen molar-refractivity contribution in [1.29, 1.82) is 0 Å². The van der Waals surface area contributed by atoms with Crippen molar-refractivity contribution in [2.24, 2.45) is 5.92 Å². The summed E-state index contributed by atoms with van der Waals surface area (Å²) in [5, 5.41) is 8.61. The van der Waals surface area contributed by atoms with Crippen LogP contribution < -0.4 is 20.7 Å². The maximum atomic E-state index is 12.1. The zero-order valence-electron chi connectivity index (χ0n) is 16.0. The van der Waals surface area contributed by atoms with Crippen LogP contribution in [0.2, 0.25) is 0 Å². The quantitative estimate of drug-likeness (QED) is 0.632. The highest BCUT2D eigenvalue weighted by molar-refractivity contribution is 5.96. The molecule has 0 aliphatic rings. The maximum Gasteiger partial charge on any atom is 0.251 e. The number of ether oxygens (including phenoxy) is 1. The van der Waals surface area contributed by atoms with Crippen LogP contribution in [0, 0.1) is 5.92 Å². The molecule has 0 aromatic heterocycles. The molecule has 6 heteroatoms. The average molecular weight is 369 g/mol. The van der Waals surface area contributed by atoms with E-state index in [9.17, 15) is 9.59 Å². The van der Waals surface area contributed by atoms with Gasteiger partial charge in [0.25, 0.3) is 5.91 Å². The van der Waals surface area contributed by atoms with Crippen LogP contribution in [0.5, 0.6) is 5.75 Å². The Morgan fingerprint density at radius 2 is 1.78 bits per heavy atom. The van der Waals surface area contributed by atoms with Crippen molar-refractivity contribution < 1.29 is 14.3 Å². The number of benzene rings is 2. The summed E-state index contributed by atoms with van der Waals surface area (Å²) in [6.45, 7) is 7.38. The van der Waals surface area contributed by atoms with Gasteiger partial charge < -0.3 is 20.7 Å². The van der Waals surface area contributed by atoms with Gasteiger partial charge in [0.1, 0.15) is 5.75 Å². The highest BCUT2D eigenvalue weighted by atomic mass is 16.5. The molecule has 0 radical (unpaired) electrons. The Bertz CT molecular complexity index is 758. The van der Waals surface area contributed by atoms with E-state index in [1.165, 1.54) is 0 Å². The Morgan fingerprint density at radius 3 is 2.44 bits per heavy atom. The van der Waals surface area contributed by atoms with Crippen LogP contribution >= 0.6 is 0 Å². The van der Waals surface area contributed by atoms with Gasteiger partial charge in [0.15, 0.2) is 0 Å². The summed E-state index contributed by atoms with van der Waals surface area (Å²) in [6, 6.07) is 14.3. The first-order valence-electron chi connectivity index (χ1n) is 9.12. The minimum absolute atomic E-state index is 0.102. The molecule has 2 aromatic rings. The molecule has 27 heavy (non-hydrogen) atoms. The molecule has 3 N–H and O–H groups in total. The molecule has 0 aliphatic heterocycles. The van der Waals surface area contributed by atoms with Crippen LogP contribution in [0.4, 0.5) is 11.4 Å². The van der Waals surface area contributed by atoms with Crippen molar-refractivity contribution in [2.45, 2.75) is 20.8 Å². The lowest BCUT2D eigenvalue weighted by Gasteiger charge is -2.11. The Hall–Kier alpha value is -3.02. The van der Waals surface area contributed by atoms with Crippen molar-refractivity contribution in [3.63, 3.8) is 0 Å². The summed E-state index contributed by atoms with van der Waals surface area (Å²) in [4.78, 5) is 24.0. The van der Waals surface area contributed by atoms with E-state index >= 15 is 0 Å². The summed E-state index contributed by atoms with van der Waals surface area (Å²) in [5.74, 6) is 0.934. The van der Waals surface area contributed by atoms with Crippen molar-refractivity contribution in [3.05, 3.63) is 54.1 Å². The van der Waals surface area contributed by atoms with E-state index < -0.39 is 0 Å².